The van der Waals surface area contributed by atoms with Gasteiger partial charge in [-0.05, 0) is 30.3 Å². The number of carbonyl (C=O) groups excluding carboxylic acids is 1. The molecule has 1 N–H and O–H groups in total. The highest BCUT2D eigenvalue weighted by Crippen LogP contribution is 2.30. The van der Waals surface area contributed by atoms with Gasteiger partial charge in [-0.1, -0.05) is 0 Å². The number of halogens is 1. The number of benzene rings is 2. The van der Waals surface area contributed by atoms with E-state index in [4.69, 9.17) is 0 Å². The molecule has 24 heavy (non-hydrogen) atoms. The highest BCUT2D eigenvalue weighted by molar-refractivity contribution is 7.99. The van der Waals surface area contributed by atoms with E-state index in [9.17, 15) is 19.3 Å². The number of amides is 1. The smallest absolute Gasteiger partial charge is 0.267 e. The van der Waals surface area contributed by atoms with Gasteiger partial charge in [-0.15, -0.1) is 11.8 Å². The summed E-state index contributed by atoms with van der Waals surface area (Å²) in [6.07, 6.45) is 0.613. The maximum atomic E-state index is 13.4. The first-order chi connectivity index (χ1) is 11.5. The molecule has 1 amide bonds. The van der Waals surface area contributed by atoms with Crippen molar-refractivity contribution in [2.75, 3.05) is 5.75 Å². The number of fused-ring (bicyclic) bond motifs is 1. The van der Waals surface area contributed by atoms with Crippen LogP contribution in [0.15, 0.2) is 52.5 Å². The van der Waals surface area contributed by atoms with Gasteiger partial charge < -0.3 is 0 Å². The zero-order valence-corrected chi connectivity index (χ0v) is 13.2. The van der Waals surface area contributed by atoms with Crippen molar-refractivity contribution in [3.63, 3.8) is 0 Å². The van der Waals surface area contributed by atoms with Gasteiger partial charge >= 0.3 is 0 Å². The second-order valence-electron chi connectivity index (χ2n) is 5.04. The molecule has 0 bridgehead atoms. The Bertz CT molecular complexity index is 837. The fraction of sp³-hybridized carbons (Fsp3) is 0.125. The van der Waals surface area contributed by atoms with Gasteiger partial charge in [0, 0.05) is 40.3 Å². The summed E-state index contributed by atoms with van der Waals surface area (Å²) in [5, 5.41) is 14.7. The van der Waals surface area contributed by atoms with Crippen LogP contribution in [0.4, 0.5) is 10.1 Å². The van der Waals surface area contributed by atoms with Crippen molar-refractivity contribution in [3.05, 3.63) is 69.5 Å². The zero-order valence-electron chi connectivity index (χ0n) is 12.4. The molecule has 0 spiro atoms. The molecular weight excluding hydrogens is 333 g/mol. The van der Waals surface area contributed by atoms with Crippen LogP contribution in [0.5, 0.6) is 0 Å². The first-order valence-electron chi connectivity index (χ1n) is 7.08. The molecule has 2 aromatic rings. The molecule has 0 aliphatic carbocycles. The molecule has 0 radical (unpaired) electrons. The molecule has 8 heteroatoms. The number of nitro benzene ring substituents is 1. The van der Waals surface area contributed by atoms with Gasteiger partial charge in [0.1, 0.15) is 5.82 Å². The number of nitro groups is 1. The van der Waals surface area contributed by atoms with Crippen molar-refractivity contribution in [3.8, 4) is 0 Å². The van der Waals surface area contributed by atoms with Crippen molar-refractivity contribution < 1.29 is 14.1 Å². The molecule has 0 fully saturated rings. The molecule has 0 aromatic heterocycles. The number of nitrogens with one attached hydrogen (secondary N) is 1. The van der Waals surface area contributed by atoms with E-state index in [-0.39, 0.29) is 17.1 Å². The van der Waals surface area contributed by atoms with Crippen LogP contribution in [-0.4, -0.2) is 22.3 Å². The number of non-ortho nitro benzene ring substituents is 1. The Morgan fingerprint density at radius 2 is 2.00 bits per heavy atom. The van der Waals surface area contributed by atoms with E-state index >= 15 is 0 Å². The lowest BCUT2D eigenvalue weighted by molar-refractivity contribution is -0.384. The third-order valence-electron chi connectivity index (χ3n) is 3.48. The average Bonchev–Trinajstić information content (AvgIpc) is 2.59. The standard InChI is InChI=1S/C16H12FN3O3S/c17-11-3-6-15-13(9-11)14(7-8-24-15)18-19-16(21)10-1-4-12(5-2-10)20(22)23/h1-6,9H,7-8H2,(H,19,21). The first kappa shape index (κ1) is 16.1. The Balaban J connectivity index is 1.78. The number of hydrazone groups is 1. The van der Waals surface area contributed by atoms with Crippen LogP contribution in [-0.2, 0) is 0 Å². The van der Waals surface area contributed by atoms with Crippen molar-refractivity contribution in [1.29, 1.82) is 0 Å². The largest absolute Gasteiger partial charge is 0.271 e. The summed E-state index contributed by atoms with van der Waals surface area (Å²) in [5.74, 6) is -0.0376. The Hall–Kier alpha value is -2.74. The summed E-state index contributed by atoms with van der Waals surface area (Å²) >= 11 is 1.61. The summed E-state index contributed by atoms with van der Waals surface area (Å²) < 4.78 is 13.4. The summed E-state index contributed by atoms with van der Waals surface area (Å²) in [7, 11) is 0. The Kier molecular flexibility index (Phi) is 4.57. The van der Waals surface area contributed by atoms with Crippen LogP contribution in [0.2, 0.25) is 0 Å². The first-order valence-corrected chi connectivity index (χ1v) is 8.07. The predicted molar refractivity (Wildman–Crippen MR) is 88.8 cm³/mol. The van der Waals surface area contributed by atoms with E-state index < -0.39 is 10.8 Å². The second-order valence-corrected chi connectivity index (χ2v) is 6.18. The van der Waals surface area contributed by atoms with Crippen LogP contribution in [0.1, 0.15) is 22.3 Å². The van der Waals surface area contributed by atoms with Crippen LogP contribution in [0, 0.1) is 15.9 Å². The Labute approximate surface area is 140 Å². The molecule has 3 rings (SSSR count). The molecule has 2 aromatic carbocycles. The topological polar surface area (TPSA) is 84.6 Å². The minimum absolute atomic E-state index is 0.0911. The lowest BCUT2D eigenvalue weighted by atomic mass is 10.1. The van der Waals surface area contributed by atoms with Crippen LogP contribution in [0.25, 0.3) is 0 Å². The quantitative estimate of drug-likeness (QED) is 0.683. The van der Waals surface area contributed by atoms with Crippen molar-refractivity contribution in [2.45, 2.75) is 11.3 Å². The van der Waals surface area contributed by atoms with Gasteiger partial charge in [-0.3, -0.25) is 14.9 Å². The molecule has 1 aliphatic rings. The average molecular weight is 345 g/mol. The number of hydrogen-bond acceptors (Lipinski definition) is 5. The number of hydrogen-bond donors (Lipinski definition) is 1. The van der Waals surface area contributed by atoms with Crippen LogP contribution in [0.3, 0.4) is 0 Å². The lowest BCUT2D eigenvalue weighted by Gasteiger charge is -2.17. The minimum atomic E-state index is -0.535. The molecule has 1 heterocycles. The highest BCUT2D eigenvalue weighted by Gasteiger charge is 2.17. The van der Waals surface area contributed by atoms with E-state index in [1.54, 1.807) is 17.8 Å². The van der Waals surface area contributed by atoms with Crippen LogP contribution < -0.4 is 5.43 Å². The van der Waals surface area contributed by atoms with Crippen LogP contribution >= 0.6 is 11.8 Å². The Morgan fingerprint density at radius 3 is 2.71 bits per heavy atom. The van der Waals surface area contributed by atoms with E-state index in [0.29, 0.717) is 17.7 Å². The third kappa shape index (κ3) is 3.43. The second kappa shape index (κ2) is 6.79. The molecule has 0 saturated carbocycles. The van der Waals surface area contributed by atoms with E-state index in [2.05, 4.69) is 10.5 Å². The van der Waals surface area contributed by atoms with Crippen molar-refractivity contribution in [1.82, 2.24) is 5.43 Å². The molecule has 6 nitrogen and oxygen atoms in total. The zero-order chi connectivity index (χ0) is 17.1. The SMILES string of the molecule is O=C(NN=C1CCSc2ccc(F)cc21)c1ccc([N+](=O)[O-])cc1. The fourth-order valence-corrected chi connectivity index (χ4v) is 3.29. The van der Waals surface area contributed by atoms with Gasteiger partial charge in [0.2, 0.25) is 0 Å². The number of nitrogens with zero attached hydrogens (tertiary/aromatic N) is 2. The van der Waals surface area contributed by atoms with Gasteiger partial charge in [0.25, 0.3) is 11.6 Å². The van der Waals surface area contributed by atoms with E-state index in [1.807, 2.05) is 0 Å². The van der Waals surface area contributed by atoms with Gasteiger partial charge in [0.05, 0.1) is 10.6 Å². The van der Waals surface area contributed by atoms with Gasteiger partial charge in [0.15, 0.2) is 0 Å². The number of thioether (sulfide) groups is 1. The normalized spacial score (nSPS) is 15.0. The Morgan fingerprint density at radius 1 is 1.25 bits per heavy atom. The van der Waals surface area contributed by atoms with E-state index in [1.165, 1.54) is 36.4 Å². The summed E-state index contributed by atoms with van der Waals surface area (Å²) in [5.41, 5.74) is 3.88. The molecule has 1 aliphatic heterocycles. The third-order valence-corrected chi connectivity index (χ3v) is 4.56. The number of rotatable bonds is 3. The molecule has 0 atom stereocenters. The maximum Gasteiger partial charge on any atom is 0.271 e. The molecular formula is C16H12FN3O3S. The monoisotopic (exact) mass is 345 g/mol. The van der Waals surface area contributed by atoms with Gasteiger partial charge in [-0.2, -0.15) is 5.10 Å². The number of carbonyl (C=O) groups is 1. The highest BCUT2D eigenvalue weighted by atomic mass is 32.2. The fourth-order valence-electron chi connectivity index (χ4n) is 2.28. The lowest BCUT2D eigenvalue weighted by Crippen LogP contribution is -2.21. The molecule has 122 valence electrons. The van der Waals surface area contributed by atoms with Gasteiger partial charge in [-0.25, -0.2) is 9.82 Å². The van der Waals surface area contributed by atoms with E-state index in [0.717, 1.165) is 10.6 Å². The van der Waals surface area contributed by atoms with Crippen molar-refractivity contribution in [2.24, 2.45) is 5.10 Å². The summed E-state index contributed by atoms with van der Waals surface area (Å²) in [4.78, 5) is 23.1. The van der Waals surface area contributed by atoms with Crippen molar-refractivity contribution >= 4 is 29.1 Å². The maximum absolute atomic E-state index is 13.4. The molecule has 0 unspecified atom stereocenters. The minimum Gasteiger partial charge on any atom is -0.267 e. The summed E-state index contributed by atoms with van der Waals surface area (Å²) in [6, 6.07) is 9.72. The molecule has 0 saturated heterocycles. The summed E-state index contributed by atoms with van der Waals surface area (Å²) in [6.45, 7) is 0. The predicted octanol–water partition coefficient (Wildman–Crippen LogP) is 3.36.